The maximum absolute atomic E-state index is 12.2. The van der Waals surface area contributed by atoms with Crippen LogP contribution in [0.5, 0.6) is 0 Å². The number of piperidine rings is 1. The zero-order valence-corrected chi connectivity index (χ0v) is 11.2. The molecule has 1 aliphatic rings. The zero-order chi connectivity index (χ0) is 13.0. The van der Waals surface area contributed by atoms with Gasteiger partial charge in [0.15, 0.2) is 5.82 Å². The molecule has 1 saturated heterocycles. The number of hydrogen-bond donors (Lipinski definition) is 1. The summed E-state index contributed by atoms with van der Waals surface area (Å²) in [7, 11) is 1.86. The van der Waals surface area contributed by atoms with E-state index in [1.165, 1.54) is 0 Å². The molecule has 18 heavy (non-hydrogen) atoms. The van der Waals surface area contributed by atoms with Crippen LogP contribution in [-0.4, -0.2) is 46.5 Å². The molecule has 0 atom stereocenters. The van der Waals surface area contributed by atoms with Gasteiger partial charge in [-0.25, -0.2) is 4.98 Å². The fraction of sp³-hybridized carbons (Fsp3) is 0.692. The minimum atomic E-state index is 0.0596. The number of likely N-dealkylation sites (tertiary alicyclic amines) is 1. The molecule has 2 rings (SSSR count). The Labute approximate surface area is 108 Å². The summed E-state index contributed by atoms with van der Waals surface area (Å²) in [5.74, 6) is 1.31. The van der Waals surface area contributed by atoms with Crippen LogP contribution in [0.1, 0.15) is 30.4 Å². The first-order valence-electron chi connectivity index (χ1n) is 6.69. The van der Waals surface area contributed by atoms with Crippen molar-refractivity contribution in [3.63, 3.8) is 0 Å². The van der Waals surface area contributed by atoms with Gasteiger partial charge in [0.25, 0.3) is 5.91 Å². The summed E-state index contributed by atoms with van der Waals surface area (Å²) >= 11 is 0. The van der Waals surface area contributed by atoms with E-state index in [9.17, 15) is 4.79 Å². The lowest BCUT2D eigenvalue weighted by Gasteiger charge is -2.31. The Morgan fingerprint density at radius 2 is 2.22 bits per heavy atom. The number of amides is 1. The second-order valence-corrected chi connectivity index (χ2v) is 4.91. The molecule has 1 aromatic rings. The van der Waals surface area contributed by atoms with Crippen LogP contribution in [0, 0.1) is 5.92 Å². The van der Waals surface area contributed by atoms with Crippen LogP contribution >= 0.6 is 0 Å². The van der Waals surface area contributed by atoms with Crippen molar-refractivity contribution in [2.24, 2.45) is 13.0 Å². The Morgan fingerprint density at radius 3 is 2.78 bits per heavy atom. The Bertz CT molecular complexity index is 393. The Balaban J connectivity index is 1.86. The molecule has 0 unspecified atom stereocenters. The van der Waals surface area contributed by atoms with E-state index in [0.29, 0.717) is 11.7 Å². The van der Waals surface area contributed by atoms with Crippen LogP contribution in [-0.2, 0) is 7.05 Å². The van der Waals surface area contributed by atoms with Gasteiger partial charge in [0.2, 0.25) is 0 Å². The van der Waals surface area contributed by atoms with E-state index in [1.807, 2.05) is 18.1 Å². The van der Waals surface area contributed by atoms with Crippen LogP contribution in [0.2, 0.25) is 0 Å². The predicted octanol–water partition coefficient (Wildman–Crippen LogP) is 0.882. The molecule has 5 nitrogen and oxygen atoms in total. The highest BCUT2D eigenvalue weighted by molar-refractivity contribution is 5.90. The second kappa shape index (κ2) is 6.00. The van der Waals surface area contributed by atoms with Gasteiger partial charge >= 0.3 is 0 Å². The third kappa shape index (κ3) is 2.90. The van der Waals surface area contributed by atoms with Gasteiger partial charge in [0.1, 0.15) is 0 Å². The lowest BCUT2D eigenvalue weighted by molar-refractivity contribution is 0.0674. The molecule has 1 N–H and O–H groups in total. The first kappa shape index (κ1) is 13.1. The molecule has 0 spiro atoms. The number of aromatic nitrogens is 2. The van der Waals surface area contributed by atoms with Crippen molar-refractivity contribution < 1.29 is 4.79 Å². The van der Waals surface area contributed by atoms with Crippen LogP contribution in [0.4, 0.5) is 0 Å². The Kier molecular flexibility index (Phi) is 4.36. The van der Waals surface area contributed by atoms with E-state index in [4.69, 9.17) is 0 Å². The highest BCUT2D eigenvalue weighted by atomic mass is 16.2. The number of imidazole rings is 1. The van der Waals surface area contributed by atoms with Crippen molar-refractivity contribution in [2.75, 3.05) is 26.2 Å². The normalized spacial score (nSPS) is 17.1. The summed E-state index contributed by atoms with van der Waals surface area (Å²) in [6.07, 6.45) is 5.66. The Hall–Kier alpha value is -1.36. The van der Waals surface area contributed by atoms with E-state index in [1.54, 1.807) is 10.8 Å². The van der Waals surface area contributed by atoms with Gasteiger partial charge in [0.05, 0.1) is 0 Å². The molecule has 0 aliphatic carbocycles. The average Bonchev–Trinajstić information content (AvgIpc) is 2.82. The predicted molar refractivity (Wildman–Crippen MR) is 70.4 cm³/mol. The van der Waals surface area contributed by atoms with Crippen LogP contribution in [0.3, 0.4) is 0 Å². The lowest BCUT2D eigenvalue weighted by atomic mass is 9.96. The number of hydrogen-bond acceptors (Lipinski definition) is 3. The van der Waals surface area contributed by atoms with Gasteiger partial charge in [-0.1, -0.05) is 6.92 Å². The van der Waals surface area contributed by atoms with Gasteiger partial charge in [-0.15, -0.1) is 0 Å². The maximum atomic E-state index is 12.2. The smallest absolute Gasteiger partial charge is 0.289 e. The van der Waals surface area contributed by atoms with Crippen molar-refractivity contribution in [2.45, 2.75) is 19.8 Å². The third-order valence-corrected chi connectivity index (χ3v) is 3.60. The molecular weight excluding hydrogens is 228 g/mol. The molecule has 1 amide bonds. The first-order chi connectivity index (χ1) is 8.72. The molecule has 0 radical (unpaired) electrons. The van der Waals surface area contributed by atoms with Gasteiger partial charge < -0.3 is 14.8 Å². The van der Waals surface area contributed by atoms with Gasteiger partial charge in [-0.3, -0.25) is 4.79 Å². The van der Waals surface area contributed by atoms with E-state index >= 15 is 0 Å². The average molecular weight is 250 g/mol. The number of carbonyl (C=O) groups excluding carboxylic acids is 1. The molecule has 1 aromatic heterocycles. The van der Waals surface area contributed by atoms with Crippen LogP contribution in [0.25, 0.3) is 0 Å². The highest BCUT2D eigenvalue weighted by Gasteiger charge is 2.25. The van der Waals surface area contributed by atoms with Crippen LogP contribution < -0.4 is 5.32 Å². The SMILES string of the molecule is CCNCC1CCN(C(=O)c2nccn2C)CC1. The minimum Gasteiger partial charge on any atom is -0.336 e. The summed E-state index contributed by atoms with van der Waals surface area (Å²) < 4.78 is 1.78. The zero-order valence-electron chi connectivity index (χ0n) is 11.2. The number of carbonyl (C=O) groups is 1. The number of aryl methyl sites for hydroxylation is 1. The molecule has 0 bridgehead atoms. The summed E-state index contributed by atoms with van der Waals surface area (Å²) in [6, 6.07) is 0. The van der Waals surface area contributed by atoms with E-state index in [0.717, 1.165) is 39.0 Å². The first-order valence-corrected chi connectivity index (χ1v) is 6.69. The van der Waals surface area contributed by atoms with E-state index in [-0.39, 0.29) is 5.91 Å². The summed E-state index contributed by atoms with van der Waals surface area (Å²) in [5, 5.41) is 3.38. The highest BCUT2D eigenvalue weighted by Crippen LogP contribution is 2.17. The third-order valence-electron chi connectivity index (χ3n) is 3.60. The summed E-state index contributed by atoms with van der Waals surface area (Å²) in [4.78, 5) is 18.3. The fourth-order valence-corrected chi connectivity index (χ4v) is 2.40. The van der Waals surface area contributed by atoms with Crippen molar-refractivity contribution >= 4 is 5.91 Å². The monoisotopic (exact) mass is 250 g/mol. The standard InChI is InChI=1S/C13H22N4O/c1-3-14-10-11-4-7-17(8-5-11)13(18)12-15-6-9-16(12)2/h6,9,11,14H,3-5,7-8,10H2,1-2H3. The van der Waals surface area contributed by atoms with E-state index < -0.39 is 0 Å². The molecule has 100 valence electrons. The molecule has 5 heteroatoms. The van der Waals surface area contributed by atoms with Crippen molar-refractivity contribution in [1.82, 2.24) is 19.8 Å². The molecular formula is C13H22N4O. The van der Waals surface area contributed by atoms with E-state index in [2.05, 4.69) is 17.2 Å². The summed E-state index contributed by atoms with van der Waals surface area (Å²) in [5.41, 5.74) is 0. The minimum absolute atomic E-state index is 0.0596. The molecule has 1 fully saturated rings. The van der Waals surface area contributed by atoms with Gasteiger partial charge in [-0.05, 0) is 31.8 Å². The quantitative estimate of drug-likeness (QED) is 0.863. The number of rotatable bonds is 4. The van der Waals surface area contributed by atoms with Gasteiger partial charge in [-0.2, -0.15) is 0 Å². The van der Waals surface area contributed by atoms with Crippen LogP contribution in [0.15, 0.2) is 12.4 Å². The largest absolute Gasteiger partial charge is 0.336 e. The Morgan fingerprint density at radius 1 is 1.50 bits per heavy atom. The second-order valence-electron chi connectivity index (χ2n) is 4.91. The fourth-order valence-electron chi connectivity index (χ4n) is 2.40. The van der Waals surface area contributed by atoms with Crippen molar-refractivity contribution in [3.8, 4) is 0 Å². The maximum Gasteiger partial charge on any atom is 0.289 e. The molecule has 1 aliphatic heterocycles. The topological polar surface area (TPSA) is 50.2 Å². The lowest BCUT2D eigenvalue weighted by Crippen LogP contribution is -2.41. The number of nitrogens with one attached hydrogen (secondary N) is 1. The van der Waals surface area contributed by atoms with Gasteiger partial charge in [0, 0.05) is 32.5 Å². The number of nitrogens with zero attached hydrogens (tertiary/aromatic N) is 3. The van der Waals surface area contributed by atoms with Crippen molar-refractivity contribution in [1.29, 1.82) is 0 Å². The summed E-state index contributed by atoms with van der Waals surface area (Å²) in [6.45, 7) is 5.91. The van der Waals surface area contributed by atoms with Crippen molar-refractivity contribution in [3.05, 3.63) is 18.2 Å². The molecule has 0 saturated carbocycles. The molecule has 0 aromatic carbocycles. The molecule has 2 heterocycles.